The van der Waals surface area contributed by atoms with Gasteiger partial charge in [-0.05, 0) is 0 Å². The van der Waals surface area contributed by atoms with Crippen LogP contribution in [0.4, 0.5) is 0 Å². The van der Waals surface area contributed by atoms with Crippen LogP contribution in [0.2, 0.25) is 0 Å². The van der Waals surface area contributed by atoms with Crippen LogP contribution in [0.15, 0.2) is 0 Å². The van der Waals surface area contributed by atoms with Crippen molar-refractivity contribution >= 4 is 11.7 Å². The van der Waals surface area contributed by atoms with Crippen molar-refractivity contribution in [2.24, 2.45) is 0 Å². The van der Waals surface area contributed by atoms with Crippen molar-refractivity contribution in [2.75, 3.05) is 13.7 Å². The highest BCUT2D eigenvalue weighted by molar-refractivity contribution is 5.89. The van der Waals surface area contributed by atoms with Crippen molar-refractivity contribution in [1.29, 1.82) is 0 Å². The highest BCUT2D eigenvalue weighted by Crippen LogP contribution is 2.18. The van der Waals surface area contributed by atoms with Gasteiger partial charge in [0.1, 0.15) is 18.2 Å². The van der Waals surface area contributed by atoms with Crippen LogP contribution in [-0.4, -0.2) is 60.2 Å². The zero-order chi connectivity index (χ0) is 12.3. The molecule has 0 aliphatic carbocycles. The fraction of sp³-hybridized carbons (Fsp3) is 0.778. The quantitative estimate of drug-likeness (QED) is 0.510. The molecule has 1 rings (SSSR count). The zero-order valence-corrected chi connectivity index (χ0v) is 9.04. The number of carbonyl (C=O) groups excluding carboxylic acids is 2. The zero-order valence-electron chi connectivity index (χ0n) is 9.04. The fourth-order valence-electron chi connectivity index (χ4n) is 1.55. The summed E-state index contributed by atoms with van der Waals surface area (Å²) >= 11 is 0. The Morgan fingerprint density at radius 3 is 2.69 bits per heavy atom. The Bertz CT molecular complexity index is 281. The maximum Gasteiger partial charge on any atom is 0.217 e. The van der Waals surface area contributed by atoms with Gasteiger partial charge >= 0.3 is 0 Å². The minimum Gasteiger partial charge on any atom is -0.393 e. The Hall–Kier alpha value is -1.02. The van der Waals surface area contributed by atoms with Crippen molar-refractivity contribution in [2.45, 2.75) is 31.5 Å². The van der Waals surface area contributed by atoms with Gasteiger partial charge in [0.2, 0.25) is 5.91 Å². The average molecular weight is 233 g/mol. The summed E-state index contributed by atoms with van der Waals surface area (Å²) in [6.45, 7) is 0.713. The van der Waals surface area contributed by atoms with E-state index in [1.165, 1.54) is 14.0 Å². The Morgan fingerprint density at radius 2 is 2.25 bits per heavy atom. The average Bonchev–Trinajstić information content (AvgIpc) is 2.25. The molecule has 92 valence electrons. The molecule has 0 spiro atoms. The number of methoxy groups -OCH3 is 1. The summed E-state index contributed by atoms with van der Waals surface area (Å²) in [7, 11) is 1.32. The molecular formula is C9H15NO6. The number of Topliss-reactive ketones (excluding diaryl/α,β-unsaturated/α-hetero) is 1. The molecule has 0 radical (unpaired) electrons. The summed E-state index contributed by atoms with van der Waals surface area (Å²) in [4.78, 5) is 22.4. The number of aliphatic hydroxyl groups is 2. The Balaban J connectivity index is 2.81. The molecule has 0 aromatic heterocycles. The van der Waals surface area contributed by atoms with Crippen molar-refractivity contribution in [3.63, 3.8) is 0 Å². The topological polar surface area (TPSA) is 105 Å². The predicted molar refractivity (Wildman–Crippen MR) is 51.4 cm³/mol. The van der Waals surface area contributed by atoms with Crippen LogP contribution in [-0.2, 0) is 19.1 Å². The first-order valence-electron chi connectivity index (χ1n) is 4.79. The summed E-state index contributed by atoms with van der Waals surface area (Å²) in [5.74, 6) is -1.08. The molecule has 3 N–H and O–H groups in total. The molecule has 1 heterocycles. The first-order valence-corrected chi connectivity index (χ1v) is 4.79. The molecule has 0 aromatic rings. The number of rotatable bonds is 3. The third-order valence-corrected chi connectivity index (χ3v) is 2.31. The normalized spacial score (nSPS) is 34.9. The van der Waals surface area contributed by atoms with Crippen LogP contribution >= 0.6 is 0 Å². The minimum absolute atomic E-state index is 0.412. The van der Waals surface area contributed by atoms with Gasteiger partial charge in [0.15, 0.2) is 12.1 Å². The van der Waals surface area contributed by atoms with E-state index in [2.05, 4.69) is 5.32 Å². The fourth-order valence-corrected chi connectivity index (χ4v) is 1.55. The summed E-state index contributed by atoms with van der Waals surface area (Å²) in [6.07, 6.45) is -3.53. The van der Waals surface area contributed by atoms with Crippen LogP contribution in [0.5, 0.6) is 0 Å². The van der Waals surface area contributed by atoms with Gasteiger partial charge in [-0.1, -0.05) is 0 Å². The largest absolute Gasteiger partial charge is 0.393 e. The van der Waals surface area contributed by atoms with E-state index < -0.39 is 42.8 Å². The Labute approximate surface area is 92.3 Å². The van der Waals surface area contributed by atoms with E-state index in [1.807, 2.05) is 0 Å². The molecule has 1 amide bonds. The van der Waals surface area contributed by atoms with Gasteiger partial charge in [-0.3, -0.25) is 9.59 Å². The lowest BCUT2D eigenvalue weighted by Crippen LogP contribution is -2.62. The van der Waals surface area contributed by atoms with Crippen molar-refractivity contribution in [3.8, 4) is 0 Å². The van der Waals surface area contributed by atoms with Crippen LogP contribution in [0.1, 0.15) is 6.92 Å². The first kappa shape index (κ1) is 13.0. The molecule has 16 heavy (non-hydrogen) atoms. The number of ether oxygens (including phenoxy) is 2. The molecular weight excluding hydrogens is 218 g/mol. The van der Waals surface area contributed by atoms with Crippen molar-refractivity contribution in [3.05, 3.63) is 0 Å². The lowest BCUT2D eigenvalue weighted by atomic mass is 9.99. The molecule has 1 aliphatic heterocycles. The van der Waals surface area contributed by atoms with E-state index in [4.69, 9.17) is 14.6 Å². The lowest BCUT2D eigenvalue weighted by Gasteiger charge is -2.37. The number of amides is 1. The van der Waals surface area contributed by atoms with E-state index in [0.29, 0.717) is 0 Å². The molecule has 0 bridgehead atoms. The summed E-state index contributed by atoms with van der Waals surface area (Å²) in [5.41, 5.74) is 0. The van der Waals surface area contributed by atoms with Crippen molar-refractivity contribution < 1.29 is 29.3 Å². The van der Waals surface area contributed by atoms with Crippen LogP contribution in [0.3, 0.4) is 0 Å². The van der Waals surface area contributed by atoms with Gasteiger partial charge in [0.05, 0.1) is 6.61 Å². The second-order valence-corrected chi connectivity index (χ2v) is 3.48. The molecule has 1 aliphatic rings. The second-order valence-electron chi connectivity index (χ2n) is 3.48. The number of ketones is 1. The Kier molecular flexibility index (Phi) is 4.36. The Morgan fingerprint density at radius 1 is 1.62 bits per heavy atom. The highest BCUT2D eigenvalue weighted by Gasteiger charge is 2.44. The molecule has 0 unspecified atom stereocenters. The summed E-state index contributed by atoms with van der Waals surface area (Å²) in [6, 6.07) is -0.960. The summed E-state index contributed by atoms with van der Waals surface area (Å²) < 4.78 is 9.98. The monoisotopic (exact) mass is 233 g/mol. The van der Waals surface area contributed by atoms with E-state index in [0.717, 1.165) is 0 Å². The van der Waals surface area contributed by atoms with E-state index in [1.54, 1.807) is 0 Å². The highest BCUT2D eigenvalue weighted by atomic mass is 16.7. The minimum atomic E-state index is -1.44. The van der Waals surface area contributed by atoms with Gasteiger partial charge in [0.25, 0.3) is 0 Å². The number of hydrogen-bond acceptors (Lipinski definition) is 6. The molecule has 4 atom stereocenters. The van der Waals surface area contributed by atoms with Crippen LogP contribution in [0, 0.1) is 0 Å². The van der Waals surface area contributed by atoms with Crippen LogP contribution < -0.4 is 5.32 Å². The number of hydrogen-bond donors (Lipinski definition) is 3. The molecule has 0 aromatic carbocycles. The smallest absolute Gasteiger partial charge is 0.217 e. The maximum absolute atomic E-state index is 11.5. The van der Waals surface area contributed by atoms with Gasteiger partial charge in [-0.2, -0.15) is 0 Å². The molecule has 1 fully saturated rings. The second kappa shape index (κ2) is 5.35. The number of aliphatic hydroxyl groups excluding tert-OH is 2. The van der Waals surface area contributed by atoms with Gasteiger partial charge in [-0.25, -0.2) is 0 Å². The summed E-state index contributed by atoms with van der Waals surface area (Å²) in [5, 5.41) is 20.9. The number of carbonyl (C=O) groups is 2. The van der Waals surface area contributed by atoms with E-state index in [9.17, 15) is 14.7 Å². The van der Waals surface area contributed by atoms with Crippen molar-refractivity contribution in [1.82, 2.24) is 5.32 Å². The standard InChI is InChI=1S/C9H15NO6/c1-4(12)10-6-8(14)7(13)5(3-11)16-9(6)15-2/h5-6,8-9,11,14H,3H2,1-2H3,(H,10,12)/t5-,6-,8-,9+/m1/s1. The first-order chi connectivity index (χ1) is 7.51. The van der Waals surface area contributed by atoms with Gasteiger partial charge < -0.3 is 25.0 Å². The molecule has 7 heteroatoms. The molecule has 0 saturated carbocycles. The van der Waals surface area contributed by atoms with E-state index >= 15 is 0 Å². The SMILES string of the molecule is CO[C@H]1O[C@H](CO)C(=O)[C@H](O)[C@H]1NC(C)=O. The van der Waals surface area contributed by atoms with Gasteiger partial charge in [0, 0.05) is 14.0 Å². The lowest BCUT2D eigenvalue weighted by molar-refractivity contribution is -0.219. The van der Waals surface area contributed by atoms with E-state index in [-0.39, 0.29) is 0 Å². The maximum atomic E-state index is 11.5. The van der Waals surface area contributed by atoms with Crippen LogP contribution in [0.25, 0.3) is 0 Å². The third kappa shape index (κ3) is 2.56. The molecule has 1 saturated heterocycles. The molecule has 7 nitrogen and oxygen atoms in total. The number of nitrogens with one attached hydrogen (secondary N) is 1. The predicted octanol–water partition coefficient (Wildman–Crippen LogP) is -2.22. The van der Waals surface area contributed by atoms with Gasteiger partial charge in [-0.15, -0.1) is 0 Å². The third-order valence-electron chi connectivity index (χ3n) is 2.31.